The van der Waals surface area contributed by atoms with Crippen LogP contribution in [0.25, 0.3) is 0 Å². The van der Waals surface area contributed by atoms with Gasteiger partial charge in [0.1, 0.15) is 0 Å². The molecule has 3 aliphatic rings. The topological polar surface area (TPSA) is 63.3 Å². The van der Waals surface area contributed by atoms with Crippen molar-refractivity contribution in [3.05, 3.63) is 0 Å². The molecule has 0 aliphatic heterocycles. The van der Waals surface area contributed by atoms with Crippen LogP contribution in [0.15, 0.2) is 0 Å². The maximum atomic E-state index is 11.3. The summed E-state index contributed by atoms with van der Waals surface area (Å²) in [7, 11) is 0. The van der Waals surface area contributed by atoms with E-state index < -0.39 is 5.97 Å². The Labute approximate surface area is 115 Å². The fraction of sp³-hybridized carbons (Fsp3) is 0.938. The third-order valence-corrected chi connectivity index (χ3v) is 7.10. The Morgan fingerprint density at radius 3 is 2.58 bits per heavy atom. The number of hydrogen-bond acceptors (Lipinski definition) is 2. The van der Waals surface area contributed by atoms with E-state index in [2.05, 4.69) is 13.8 Å². The van der Waals surface area contributed by atoms with Gasteiger partial charge in [-0.15, -0.1) is 0 Å². The van der Waals surface area contributed by atoms with Crippen LogP contribution in [0.3, 0.4) is 0 Å². The molecular formula is C16H27NO2. The van der Waals surface area contributed by atoms with Gasteiger partial charge in [0.15, 0.2) is 0 Å². The molecule has 0 saturated heterocycles. The standard InChI is InChI=1S/C16H27NO2/c1-10(2)15-6-3-4-11-14(15)12(5-7-15)16(11,9-17)8-13(18)19/h10-12,14H,3-9,17H2,1-2H3,(H,18,19). The molecule has 0 radical (unpaired) electrons. The predicted octanol–water partition coefficient (Wildman–Crippen LogP) is 2.89. The number of nitrogens with two attached hydrogens (primary N) is 1. The summed E-state index contributed by atoms with van der Waals surface area (Å²) in [4.78, 5) is 11.3. The minimum Gasteiger partial charge on any atom is -0.481 e. The third kappa shape index (κ3) is 1.51. The number of hydrogen-bond donors (Lipinski definition) is 2. The van der Waals surface area contributed by atoms with Crippen molar-refractivity contribution >= 4 is 5.97 Å². The molecule has 3 rings (SSSR count). The first-order chi connectivity index (χ1) is 8.98. The summed E-state index contributed by atoms with van der Waals surface area (Å²) in [6.45, 7) is 5.30. The lowest BCUT2D eigenvalue weighted by atomic mass is 9.38. The maximum absolute atomic E-state index is 11.3. The van der Waals surface area contributed by atoms with Crippen LogP contribution in [0.1, 0.15) is 52.4 Å². The van der Waals surface area contributed by atoms with E-state index in [0.717, 1.165) is 11.8 Å². The van der Waals surface area contributed by atoms with E-state index in [4.69, 9.17) is 5.73 Å². The number of carboxylic acids is 1. The van der Waals surface area contributed by atoms with E-state index in [1.807, 2.05) is 0 Å². The first-order valence-electron chi connectivity index (χ1n) is 7.90. The molecule has 3 heteroatoms. The highest BCUT2D eigenvalue weighted by Gasteiger charge is 2.70. The molecule has 0 aromatic rings. The molecule has 0 aromatic carbocycles. The Balaban J connectivity index is 1.93. The molecule has 5 unspecified atom stereocenters. The van der Waals surface area contributed by atoms with Gasteiger partial charge in [-0.2, -0.15) is 0 Å². The lowest BCUT2D eigenvalue weighted by molar-refractivity contribution is -0.188. The van der Waals surface area contributed by atoms with Gasteiger partial charge in [-0.1, -0.05) is 20.3 Å². The van der Waals surface area contributed by atoms with Gasteiger partial charge in [0.25, 0.3) is 0 Å². The van der Waals surface area contributed by atoms with Crippen LogP contribution in [0.5, 0.6) is 0 Å². The van der Waals surface area contributed by atoms with Gasteiger partial charge in [-0.3, -0.25) is 4.79 Å². The fourth-order valence-electron chi connectivity index (χ4n) is 6.30. The third-order valence-electron chi connectivity index (χ3n) is 7.10. The number of carbonyl (C=O) groups is 1. The van der Waals surface area contributed by atoms with Gasteiger partial charge in [0.2, 0.25) is 0 Å². The zero-order chi connectivity index (χ0) is 13.8. The fourth-order valence-corrected chi connectivity index (χ4v) is 6.30. The molecule has 0 heterocycles. The smallest absolute Gasteiger partial charge is 0.303 e. The summed E-state index contributed by atoms with van der Waals surface area (Å²) >= 11 is 0. The summed E-state index contributed by atoms with van der Waals surface area (Å²) < 4.78 is 0. The van der Waals surface area contributed by atoms with Crippen molar-refractivity contribution in [3.8, 4) is 0 Å². The lowest BCUT2D eigenvalue weighted by Gasteiger charge is -2.66. The highest BCUT2D eigenvalue weighted by Crippen LogP contribution is 2.75. The first kappa shape index (κ1) is 13.4. The average Bonchev–Trinajstić information content (AvgIpc) is 2.75. The van der Waals surface area contributed by atoms with E-state index in [0.29, 0.717) is 30.2 Å². The second kappa shape index (κ2) is 4.21. The molecule has 0 aromatic heterocycles. The first-order valence-corrected chi connectivity index (χ1v) is 7.90. The van der Waals surface area contributed by atoms with E-state index in [9.17, 15) is 9.90 Å². The number of aliphatic carboxylic acids is 1. The molecular weight excluding hydrogens is 238 g/mol. The highest BCUT2D eigenvalue weighted by molar-refractivity contribution is 5.68. The lowest BCUT2D eigenvalue weighted by Crippen LogP contribution is -2.64. The molecule has 19 heavy (non-hydrogen) atoms. The summed E-state index contributed by atoms with van der Waals surface area (Å²) in [6, 6.07) is 0. The normalized spacial score (nSPS) is 47.9. The van der Waals surface area contributed by atoms with Crippen LogP contribution in [-0.2, 0) is 4.79 Å². The monoisotopic (exact) mass is 265 g/mol. The van der Waals surface area contributed by atoms with Crippen molar-refractivity contribution in [2.24, 2.45) is 40.2 Å². The molecule has 0 bridgehead atoms. The summed E-state index contributed by atoms with van der Waals surface area (Å²) in [6.07, 6.45) is 6.65. The molecule has 3 N–H and O–H groups in total. The Morgan fingerprint density at radius 2 is 2.00 bits per heavy atom. The minimum atomic E-state index is -0.656. The van der Waals surface area contributed by atoms with Gasteiger partial charge < -0.3 is 10.8 Å². The van der Waals surface area contributed by atoms with Crippen LogP contribution in [0.4, 0.5) is 0 Å². The summed E-state index contributed by atoms with van der Waals surface area (Å²) in [5.41, 5.74) is 6.49. The maximum Gasteiger partial charge on any atom is 0.303 e. The SMILES string of the molecule is CC(C)C12CCCC3C1C(CC2)C3(CN)CC(=O)O. The molecule has 3 nitrogen and oxygen atoms in total. The van der Waals surface area contributed by atoms with Gasteiger partial charge in [0, 0.05) is 0 Å². The van der Waals surface area contributed by atoms with Crippen molar-refractivity contribution in [3.63, 3.8) is 0 Å². The molecule has 0 amide bonds. The Kier molecular flexibility index (Phi) is 2.97. The van der Waals surface area contributed by atoms with Gasteiger partial charge >= 0.3 is 5.97 Å². The highest BCUT2D eigenvalue weighted by atomic mass is 16.4. The van der Waals surface area contributed by atoms with Crippen molar-refractivity contribution in [1.29, 1.82) is 0 Å². The van der Waals surface area contributed by atoms with Gasteiger partial charge in [-0.05, 0) is 66.7 Å². The van der Waals surface area contributed by atoms with Crippen LogP contribution < -0.4 is 5.73 Å². The average molecular weight is 265 g/mol. The van der Waals surface area contributed by atoms with Crippen LogP contribution >= 0.6 is 0 Å². The quantitative estimate of drug-likeness (QED) is 0.821. The number of rotatable bonds is 4. The largest absolute Gasteiger partial charge is 0.481 e. The Hall–Kier alpha value is -0.570. The Morgan fingerprint density at radius 1 is 1.32 bits per heavy atom. The summed E-state index contributed by atoms with van der Waals surface area (Å²) in [5.74, 6) is 2.00. The molecule has 3 aliphatic carbocycles. The number of carboxylic acid groups (broad SMARTS) is 1. The van der Waals surface area contributed by atoms with Crippen molar-refractivity contribution in [2.75, 3.05) is 6.54 Å². The van der Waals surface area contributed by atoms with E-state index in [1.54, 1.807) is 0 Å². The van der Waals surface area contributed by atoms with Crippen molar-refractivity contribution in [2.45, 2.75) is 52.4 Å². The zero-order valence-electron chi connectivity index (χ0n) is 12.2. The molecule has 5 atom stereocenters. The Bertz CT molecular complexity index is 394. The second-order valence-corrected chi connectivity index (χ2v) is 7.57. The van der Waals surface area contributed by atoms with Crippen LogP contribution in [0.2, 0.25) is 0 Å². The molecule has 3 saturated carbocycles. The summed E-state index contributed by atoms with van der Waals surface area (Å²) in [5, 5.41) is 9.28. The molecule has 3 fully saturated rings. The second-order valence-electron chi connectivity index (χ2n) is 7.57. The van der Waals surface area contributed by atoms with E-state index in [-0.39, 0.29) is 5.41 Å². The predicted molar refractivity (Wildman–Crippen MR) is 74.6 cm³/mol. The van der Waals surface area contributed by atoms with E-state index in [1.165, 1.54) is 32.1 Å². The van der Waals surface area contributed by atoms with E-state index >= 15 is 0 Å². The van der Waals surface area contributed by atoms with Gasteiger partial charge in [0.05, 0.1) is 6.42 Å². The van der Waals surface area contributed by atoms with Crippen molar-refractivity contribution in [1.82, 2.24) is 0 Å². The van der Waals surface area contributed by atoms with Crippen LogP contribution in [0, 0.1) is 34.5 Å². The zero-order valence-corrected chi connectivity index (χ0v) is 12.2. The minimum absolute atomic E-state index is 0.0758. The van der Waals surface area contributed by atoms with Gasteiger partial charge in [-0.25, -0.2) is 0 Å². The molecule has 0 spiro atoms. The molecule has 108 valence electrons. The van der Waals surface area contributed by atoms with Crippen LogP contribution in [-0.4, -0.2) is 17.6 Å². The van der Waals surface area contributed by atoms with Crippen molar-refractivity contribution < 1.29 is 9.90 Å².